The molecule has 1 fully saturated rings. The van der Waals surface area contributed by atoms with Gasteiger partial charge in [0.25, 0.3) is 5.91 Å². The van der Waals surface area contributed by atoms with E-state index in [1.54, 1.807) is 0 Å². The fourth-order valence-electron chi connectivity index (χ4n) is 2.40. The Balaban J connectivity index is 2.41. The number of imide groups is 1. The molecule has 1 atom stereocenters. The second kappa shape index (κ2) is 6.10. The summed E-state index contributed by atoms with van der Waals surface area (Å²) in [5, 5.41) is 2.49. The molecule has 1 aliphatic rings. The third-order valence-corrected chi connectivity index (χ3v) is 3.44. The van der Waals surface area contributed by atoms with E-state index >= 15 is 0 Å². The van der Waals surface area contributed by atoms with Crippen LogP contribution in [0.4, 0.5) is 23.7 Å². The predicted octanol–water partition coefficient (Wildman–Crippen LogP) is 3.18. The lowest BCUT2D eigenvalue weighted by Crippen LogP contribution is -2.32. The van der Waals surface area contributed by atoms with Gasteiger partial charge in [0.05, 0.1) is 18.4 Å². The minimum absolute atomic E-state index is 0.0808. The highest BCUT2D eigenvalue weighted by atomic mass is 19.4. The van der Waals surface area contributed by atoms with E-state index in [1.165, 1.54) is 13.2 Å². The van der Waals surface area contributed by atoms with Gasteiger partial charge in [0.15, 0.2) is 0 Å². The molecule has 5 nitrogen and oxygen atoms in total. The topological polar surface area (TPSA) is 58.6 Å². The van der Waals surface area contributed by atoms with Crippen LogP contribution in [0.1, 0.15) is 25.8 Å². The number of alkyl halides is 3. The number of urea groups is 1. The number of nitrogens with zero attached hydrogens (tertiary/aromatic N) is 1. The van der Waals surface area contributed by atoms with Crippen molar-refractivity contribution in [2.24, 2.45) is 5.92 Å². The summed E-state index contributed by atoms with van der Waals surface area (Å²) in [6.45, 7) is 3.77. The summed E-state index contributed by atoms with van der Waals surface area (Å²) in [6.07, 6.45) is -4.20. The van der Waals surface area contributed by atoms with Gasteiger partial charge in [0.1, 0.15) is 11.8 Å². The average Bonchev–Trinajstić information content (AvgIpc) is 2.71. The zero-order chi connectivity index (χ0) is 17.4. The molecule has 2 rings (SSSR count). The van der Waals surface area contributed by atoms with E-state index in [1.807, 2.05) is 13.8 Å². The summed E-state index contributed by atoms with van der Waals surface area (Å²) in [4.78, 5) is 25.1. The van der Waals surface area contributed by atoms with Crippen LogP contribution in [0, 0.1) is 5.92 Å². The van der Waals surface area contributed by atoms with Crippen molar-refractivity contribution in [3.8, 4) is 5.75 Å². The number of hydrogen-bond acceptors (Lipinski definition) is 3. The smallest absolute Gasteiger partial charge is 0.416 e. The molecule has 0 aliphatic carbocycles. The van der Waals surface area contributed by atoms with Gasteiger partial charge in [-0.2, -0.15) is 13.2 Å². The van der Waals surface area contributed by atoms with Crippen molar-refractivity contribution >= 4 is 17.6 Å². The summed E-state index contributed by atoms with van der Waals surface area (Å²) < 4.78 is 43.7. The fraction of sp³-hybridized carbons (Fsp3) is 0.467. The number of anilines is 1. The van der Waals surface area contributed by atoms with Crippen LogP contribution < -0.4 is 15.0 Å². The molecule has 1 aliphatic heterocycles. The van der Waals surface area contributed by atoms with Crippen molar-refractivity contribution in [3.63, 3.8) is 0 Å². The largest absolute Gasteiger partial charge is 0.497 e. The molecule has 1 saturated heterocycles. The Hall–Kier alpha value is -2.25. The van der Waals surface area contributed by atoms with Crippen molar-refractivity contribution in [1.82, 2.24) is 5.32 Å². The number of hydrogen-bond donors (Lipinski definition) is 1. The fourth-order valence-corrected chi connectivity index (χ4v) is 2.40. The number of carbonyl (C=O) groups excluding carboxylic acids is 2. The van der Waals surface area contributed by atoms with Crippen LogP contribution in [0.5, 0.6) is 5.75 Å². The van der Waals surface area contributed by atoms with Crippen LogP contribution in [-0.4, -0.2) is 25.1 Å². The maximum absolute atomic E-state index is 13.0. The molecule has 1 heterocycles. The Morgan fingerprint density at radius 3 is 2.43 bits per heavy atom. The highest BCUT2D eigenvalue weighted by Gasteiger charge is 2.40. The Morgan fingerprint density at radius 1 is 1.26 bits per heavy atom. The number of nitrogens with one attached hydrogen (secondary N) is 1. The third kappa shape index (κ3) is 3.57. The monoisotopic (exact) mass is 330 g/mol. The van der Waals surface area contributed by atoms with Gasteiger partial charge in [0.2, 0.25) is 0 Å². The number of benzene rings is 1. The lowest BCUT2D eigenvalue weighted by Gasteiger charge is -2.17. The van der Waals surface area contributed by atoms with E-state index in [-0.39, 0.29) is 17.4 Å². The van der Waals surface area contributed by atoms with E-state index in [0.29, 0.717) is 6.42 Å². The van der Waals surface area contributed by atoms with E-state index in [0.717, 1.165) is 17.0 Å². The number of methoxy groups -OCH3 is 1. The van der Waals surface area contributed by atoms with Crippen molar-refractivity contribution in [3.05, 3.63) is 23.8 Å². The number of ether oxygens (including phenoxy) is 1. The van der Waals surface area contributed by atoms with Crippen molar-refractivity contribution in [2.75, 3.05) is 12.0 Å². The van der Waals surface area contributed by atoms with Gasteiger partial charge in [-0.05, 0) is 24.5 Å². The molecule has 126 valence electrons. The molecule has 0 bridgehead atoms. The number of amides is 3. The van der Waals surface area contributed by atoms with Crippen molar-refractivity contribution in [2.45, 2.75) is 32.5 Å². The molecule has 0 saturated carbocycles. The molecule has 0 aromatic heterocycles. The van der Waals surface area contributed by atoms with E-state index in [9.17, 15) is 22.8 Å². The Morgan fingerprint density at radius 2 is 1.91 bits per heavy atom. The van der Waals surface area contributed by atoms with Gasteiger partial charge in [-0.25, -0.2) is 9.69 Å². The second-order valence-electron chi connectivity index (χ2n) is 5.72. The molecular weight excluding hydrogens is 313 g/mol. The molecule has 0 spiro atoms. The molecule has 3 amide bonds. The maximum Gasteiger partial charge on any atom is 0.416 e. The molecule has 1 aromatic rings. The molecule has 0 unspecified atom stereocenters. The van der Waals surface area contributed by atoms with Crippen LogP contribution in [0.3, 0.4) is 0 Å². The van der Waals surface area contributed by atoms with E-state index in [4.69, 9.17) is 4.74 Å². The quantitative estimate of drug-likeness (QED) is 0.863. The normalized spacial score (nSPS) is 18.6. The molecule has 1 N–H and O–H groups in total. The van der Waals surface area contributed by atoms with Crippen LogP contribution >= 0.6 is 0 Å². The lowest BCUT2D eigenvalue weighted by atomic mass is 10.0. The first kappa shape index (κ1) is 17.1. The number of carbonyl (C=O) groups is 2. The third-order valence-electron chi connectivity index (χ3n) is 3.44. The van der Waals surface area contributed by atoms with E-state index < -0.39 is 29.7 Å². The van der Waals surface area contributed by atoms with E-state index in [2.05, 4.69) is 5.32 Å². The molecule has 0 radical (unpaired) electrons. The van der Waals surface area contributed by atoms with Gasteiger partial charge >= 0.3 is 12.2 Å². The van der Waals surface area contributed by atoms with Crippen LogP contribution in [-0.2, 0) is 11.0 Å². The van der Waals surface area contributed by atoms with Crippen LogP contribution in [0.25, 0.3) is 0 Å². The van der Waals surface area contributed by atoms with Crippen molar-refractivity contribution in [1.29, 1.82) is 0 Å². The zero-order valence-electron chi connectivity index (χ0n) is 12.9. The van der Waals surface area contributed by atoms with Gasteiger partial charge in [-0.1, -0.05) is 13.8 Å². The second-order valence-corrected chi connectivity index (χ2v) is 5.72. The average molecular weight is 330 g/mol. The summed E-state index contributed by atoms with van der Waals surface area (Å²) in [6, 6.07) is 1.33. The number of halogens is 3. The van der Waals surface area contributed by atoms with Gasteiger partial charge < -0.3 is 10.1 Å². The van der Waals surface area contributed by atoms with Gasteiger partial charge in [-0.15, -0.1) is 0 Å². The lowest BCUT2D eigenvalue weighted by molar-refractivity contribution is -0.137. The predicted molar refractivity (Wildman–Crippen MR) is 77.3 cm³/mol. The first-order valence-electron chi connectivity index (χ1n) is 7.04. The zero-order valence-corrected chi connectivity index (χ0v) is 12.9. The number of rotatable bonds is 4. The Bertz CT molecular complexity index is 629. The minimum atomic E-state index is -4.61. The molecule has 8 heteroatoms. The first-order chi connectivity index (χ1) is 10.6. The summed E-state index contributed by atoms with van der Waals surface area (Å²) >= 11 is 0. The first-order valence-corrected chi connectivity index (χ1v) is 7.04. The molecule has 1 aromatic carbocycles. The SMILES string of the molecule is COc1cc(N2C(=O)N[C@@H](CC(C)C)C2=O)cc(C(F)(F)F)c1. The maximum atomic E-state index is 13.0. The highest BCUT2D eigenvalue weighted by molar-refractivity contribution is 6.21. The minimum Gasteiger partial charge on any atom is -0.497 e. The Kier molecular flexibility index (Phi) is 4.53. The summed E-state index contributed by atoms with van der Waals surface area (Å²) in [5.41, 5.74) is -1.15. The standard InChI is InChI=1S/C15H17F3N2O3/c1-8(2)4-12-13(21)20(14(22)19-12)10-5-9(15(16,17)18)6-11(7-10)23-3/h5-8,12H,4H2,1-3H3,(H,19,22)/t12-/m0/s1. The highest BCUT2D eigenvalue weighted by Crippen LogP contribution is 2.36. The molecule has 23 heavy (non-hydrogen) atoms. The van der Waals surface area contributed by atoms with Crippen LogP contribution in [0.15, 0.2) is 18.2 Å². The van der Waals surface area contributed by atoms with Crippen LogP contribution in [0.2, 0.25) is 0 Å². The summed E-state index contributed by atoms with van der Waals surface area (Å²) in [5.74, 6) is -0.493. The van der Waals surface area contributed by atoms with Gasteiger partial charge in [-0.3, -0.25) is 4.79 Å². The summed E-state index contributed by atoms with van der Waals surface area (Å²) in [7, 11) is 1.21. The Labute approximate surface area is 131 Å². The van der Waals surface area contributed by atoms with Gasteiger partial charge in [0, 0.05) is 6.07 Å². The molecular formula is C15H17F3N2O3. The van der Waals surface area contributed by atoms with Crippen molar-refractivity contribution < 1.29 is 27.5 Å².